The van der Waals surface area contributed by atoms with Crippen molar-refractivity contribution < 1.29 is 14.3 Å². The van der Waals surface area contributed by atoms with Crippen LogP contribution in [0.2, 0.25) is 0 Å². The molecule has 0 spiro atoms. The van der Waals surface area contributed by atoms with Crippen LogP contribution in [0.5, 0.6) is 5.75 Å². The van der Waals surface area contributed by atoms with Crippen molar-refractivity contribution in [1.82, 2.24) is 9.88 Å². The molecule has 0 saturated heterocycles. The van der Waals surface area contributed by atoms with E-state index in [1.807, 2.05) is 53.9 Å². The minimum absolute atomic E-state index is 0.0510. The van der Waals surface area contributed by atoms with Crippen LogP contribution in [-0.4, -0.2) is 36.1 Å². The van der Waals surface area contributed by atoms with Gasteiger partial charge in [0.1, 0.15) is 17.4 Å². The maximum atomic E-state index is 13.0. The average Bonchev–Trinajstić information content (AvgIpc) is 3.27. The second kappa shape index (κ2) is 10.7. The topological polar surface area (TPSA) is 51.7 Å². The summed E-state index contributed by atoms with van der Waals surface area (Å²) in [5, 5.41) is 5.08. The molecule has 0 fully saturated rings. The molecule has 1 amide bonds. The van der Waals surface area contributed by atoms with Crippen molar-refractivity contribution in [3.63, 3.8) is 0 Å². The lowest BCUT2D eigenvalue weighted by Gasteiger charge is -2.21. The summed E-state index contributed by atoms with van der Waals surface area (Å²) in [6.45, 7) is 1.75. The second-order valence-corrected chi connectivity index (χ2v) is 9.09. The minimum Gasteiger partial charge on any atom is -0.486 e. The van der Waals surface area contributed by atoms with Crippen LogP contribution in [0.4, 0.5) is 0 Å². The highest BCUT2D eigenvalue weighted by molar-refractivity contribution is 9.10. The van der Waals surface area contributed by atoms with Crippen molar-refractivity contribution in [3.8, 4) is 5.75 Å². The molecule has 4 rings (SSSR count). The average molecular weight is 511 g/mol. The van der Waals surface area contributed by atoms with Gasteiger partial charge in [-0.2, -0.15) is 0 Å². The van der Waals surface area contributed by atoms with Crippen molar-refractivity contribution in [3.05, 3.63) is 92.8 Å². The normalized spacial score (nSPS) is 10.9. The SMILES string of the molecule is COCCN(Cc1csc(COc2cccc3ccccc23)n1)C(=O)c1cccc(Br)c1. The lowest BCUT2D eigenvalue weighted by atomic mass is 10.1. The number of carbonyl (C=O) groups excluding carboxylic acids is 1. The fraction of sp³-hybridized carbons (Fsp3) is 0.200. The first kappa shape index (κ1) is 22.5. The lowest BCUT2D eigenvalue weighted by molar-refractivity contribution is 0.0678. The number of aromatic nitrogens is 1. The van der Waals surface area contributed by atoms with Crippen molar-refractivity contribution in [2.45, 2.75) is 13.2 Å². The van der Waals surface area contributed by atoms with Crippen LogP contribution in [0, 0.1) is 0 Å². The van der Waals surface area contributed by atoms with Crippen molar-refractivity contribution >= 4 is 43.9 Å². The fourth-order valence-electron chi connectivity index (χ4n) is 3.40. The Kier molecular flexibility index (Phi) is 7.52. The Bertz CT molecular complexity index is 1210. The zero-order chi connectivity index (χ0) is 22.3. The highest BCUT2D eigenvalue weighted by Crippen LogP contribution is 2.26. The number of benzene rings is 3. The number of carbonyl (C=O) groups is 1. The number of nitrogens with zero attached hydrogens (tertiary/aromatic N) is 2. The summed E-state index contributed by atoms with van der Waals surface area (Å²) in [5.74, 6) is 0.788. The molecule has 7 heteroatoms. The van der Waals surface area contributed by atoms with Gasteiger partial charge in [-0.15, -0.1) is 11.3 Å². The second-order valence-electron chi connectivity index (χ2n) is 7.23. The molecule has 0 unspecified atom stereocenters. The van der Waals surface area contributed by atoms with Gasteiger partial charge in [-0.1, -0.05) is 58.4 Å². The highest BCUT2D eigenvalue weighted by Gasteiger charge is 2.18. The van der Waals surface area contributed by atoms with Crippen LogP contribution in [0.25, 0.3) is 10.8 Å². The third-order valence-electron chi connectivity index (χ3n) is 4.98. The third-order valence-corrected chi connectivity index (χ3v) is 6.34. The monoisotopic (exact) mass is 510 g/mol. The Morgan fingerprint density at radius 3 is 2.75 bits per heavy atom. The summed E-state index contributed by atoms with van der Waals surface area (Å²) < 4.78 is 12.1. The van der Waals surface area contributed by atoms with E-state index in [4.69, 9.17) is 14.5 Å². The van der Waals surface area contributed by atoms with Gasteiger partial charge in [0.2, 0.25) is 0 Å². The van der Waals surface area contributed by atoms with Crippen LogP contribution in [0.15, 0.2) is 76.6 Å². The van der Waals surface area contributed by atoms with Crippen LogP contribution in [-0.2, 0) is 17.9 Å². The van der Waals surface area contributed by atoms with E-state index in [1.54, 1.807) is 12.0 Å². The standard InChI is InChI=1S/C25H23BrN2O3S/c1-30-13-12-28(25(29)19-8-4-9-20(26)14-19)15-21-17-32-24(27-21)16-31-23-11-5-7-18-6-2-3-10-22(18)23/h2-11,14,17H,12-13,15-16H2,1H3. The molecule has 0 aliphatic carbocycles. The van der Waals surface area contributed by atoms with Gasteiger partial charge in [0.25, 0.3) is 5.91 Å². The molecule has 0 aliphatic rings. The number of hydrogen-bond donors (Lipinski definition) is 0. The number of ether oxygens (including phenoxy) is 2. The molecule has 0 N–H and O–H groups in total. The molecule has 0 atom stereocenters. The van der Waals surface area contributed by atoms with Gasteiger partial charge in [0, 0.05) is 34.5 Å². The Hall–Kier alpha value is -2.74. The lowest BCUT2D eigenvalue weighted by Crippen LogP contribution is -2.33. The third kappa shape index (κ3) is 5.54. The van der Waals surface area contributed by atoms with Gasteiger partial charge in [0.15, 0.2) is 0 Å². The molecule has 3 aromatic carbocycles. The van der Waals surface area contributed by atoms with Crippen molar-refractivity contribution in [1.29, 1.82) is 0 Å². The predicted octanol–water partition coefficient (Wildman–Crippen LogP) is 5.93. The summed E-state index contributed by atoms with van der Waals surface area (Å²) in [6.07, 6.45) is 0. The molecule has 1 heterocycles. The number of hydrogen-bond acceptors (Lipinski definition) is 5. The fourth-order valence-corrected chi connectivity index (χ4v) is 4.50. The summed E-state index contributed by atoms with van der Waals surface area (Å²) in [7, 11) is 1.63. The number of amides is 1. The summed E-state index contributed by atoms with van der Waals surface area (Å²) in [4.78, 5) is 19.5. The first-order valence-electron chi connectivity index (χ1n) is 10.2. The van der Waals surface area contributed by atoms with E-state index in [0.717, 1.165) is 31.7 Å². The van der Waals surface area contributed by atoms with Crippen LogP contribution in [0.1, 0.15) is 21.1 Å². The van der Waals surface area contributed by atoms with E-state index < -0.39 is 0 Å². The Balaban J connectivity index is 1.44. The summed E-state index contributed by atoms with van der Waals surface area (Å²) in [5.41, 5.74) is 1.47. The van der Waals surface area contributed by atoms with Crippen LogP contribution in [0.3, 0.4) is 0 Å². The summed E-state index contributed by atoms with van der Waals surface area (Å²) in [6, 6.07) is 21.6. The predicted molar refractivity (Wildman–Crippen MR) is 131 cm³/mol. The van der Waals surface area contributed by atoms with Gasteiger partial charge in [0.05, 0.1) is 18.8 Å². The van der Waals surface area contributed by atoms with Gasteiger partial charge in [-0.25, -0.2) is 4.98 Å². The Morgan fingerprint density at radius 2 is 1.91 bits per heavy atom. The first-order valence-corrected chi connectivity index (χ1v) is 11.9. The quantitative estimate of drug-likeness (QED) is 0.280. The van der Waals surface area contributed by atoms with Crippen molar-refractivity contribution in [2.75, 3.05) is 20.3 Å². The molecule has 0 bridgehead atoms. The number of rotatable bonds is 9. The van der Waals surface area contributed by atoms with Gasteiger partial charge in [-0.3, -0.25) is 4.79 Å². The zero-order valence-corrected chi connectivity index (χ0v) is 20.1. The molecule has 0 aliphatic heterocycles. The van der Waals surface area contributed by atoms with Gasteiger partial charge < -0.3 is 14.4 Å². The molecule has 5 nitrogen and oxygen atoms in total. The number of methoxy groups -OCH3 is 1. The van der Waals surface area contributed by atoms with E-state index in [1.165, 1.54) is 11.3 Å². The van der Waals surface area contributed by atoms with Crippen LogP contribution >= 0.6 is 27.3 Å². The molecule has 1 aromatic heterocycles. The molecular formula is C25H23BrN2O3S. The maximum absolute atomic E-state index is 13.0. The summed E-state index contributed by atoms with van der Waals surface area (Å²) >= 11 is 4.97. The maximum Gasteiger partial charge on any atom is 0.254 e. The van der Waals surface area contributed by atoms with E-state index in [-0.39, 0.29) is 5.91 Å². The molecule has 164 valence electrons. The molecule has 0 saturated carbocycles. The van der Waals surface area contributed by atoms with Crippen LogP contribution < -0.4 is 4.74 Å². The minimum atomic E-state index is -0.0510. The van der Waals surface area contributed by atoms with E-state index in [0.29, 0.717) is 31.9 Å². The number of thiazole rings is 1. The van der Waals surface area contributed by atoms with Crippen molar-refractivity contribution in [2.24, 2.45) is 0 Å². The smallest absolute Gasteiger partial charge is 0.254 e. The molecule has 0 radical (unpaired) electrons. The molecular weight excluding hydrogens is 488 g/mol. The van der Waals surface area contributed by atoms with E-state index in [9.17, 15) is 4.79 Å². The van der Waals surface area contributed by atoms with Gasteiger partial charge >= 0.3 is 0 Å². The van der Waals surface area contributed by atoms with E-state index >= 15 is 0 Å². The highest BCUT2D eigenvalue weighted by atomic mass is 79.9. The number of fused-ring (bicyclic) bond motifs is 1. The zero-order valence-electron chi connectivity index (χ0n) is 17.7. The molecule has 4 aromatic rings. The molecule has 32 heavy (non-hydrogen) atoms. The Morgan fingerprint density at radius 1 is 1.09 bits per heavy atom. The van der Waals surface area contributed by atoms with E-state index in [2.05, 4.69) is 34.1 Å². The largest absolute Gasteiger partial charge is 0.486 e. The Labute approximate surface area is 199 Å². The van der Waals surface area contributed by atoms with Gasteiger partial charge in [-0.05, 0) is 29.7 Å². The number of halogens is 1. The first-order chi connectivity index (χ1) is 15.6.